The van der Waals surface area contributed by atoms with Crippen LogP contribution in [-0.4, -0.2) is 22.9 Å². The van der Waals surface area contributed by atoms with E-state index in [0.717, 1.165) is 11.1 Å². The summed E-state index contributed by atoms with van der Waals surface area (Å²) < 4.78 is 5.41. The molecule has 0 spiro atoms. The van der Waals surface area contributed by atoms with Gasteiger partial charge in [0.2, 0.25) is 0 Å². The molecular formula is C25H19N3O6. The van der Waals surface area contributed by atoms with Crippen LogP contribution in [0, 0.1) is 27.2 Å². The Bertz CT molecular complexity index is 1360. The van der Waals surface area contributed by atoms with Crippen LogP contribution >= 0.6 is 0 Å². The number of nitro benzene ring substituents is 2. The number of amides is 1. The number of hydrogen-bond donors (Lipinski definition) is 0. The summed E-state index contributed by atoms with van der Waals surface area (Å²) in [5.41, 5.74) is 3.21. The molecule has 3 aromatic carbocycles. The summed E-state index contributed by atoms with van der Waals surface area (Å²) in [5, 5.41) is 22.3. The normalized spacial score (nSPS) is 14.3. The van der Waals surface area contributed by atoms with Gasteiger partial charge < -0.3 is 4.74 Å². The van der Waals surface area contributed by atoms with E-state index in [1.807, 2.05) is 31.2 Å². The molecule has 0 aliphatic carbocycles. The Kier molecular flexibility index (Phi) is 5.92. The van der Waals surface area contributed by atoms with Gasteiger partial charge in [0.1, 0.15) is 5.75 Å². The summed E-state index contributed by atoms with van der Waals surface area (Å²) in [5.74, 6) is -0.110. The Labute approximate surface area is 194 Å². The minimum atomic E-state index is -0.535. The first kappa shape index (κ1) is 22.4. The number of rotatable bonds is 6. The largest absolute Gasteiger partial charge is 0.495 e. The van der Waals surface area contributed by atoms with Crippen molar-refractivity contribution in [3.05, 3.63) is 115 Å². The molecule has 0 unspecified atom stereocenters. The highest BCUT2D eigenvalue weighted by molar-refractivity contribution is 6.23. The highest BCUT2D eigenvalue weighted by atomic mass is 16.6. The Morgan fingerprint density at radius 1 is 0.882 bits per heavy atom. The van der Waals surface area contributed by atoms with Crippen molar-refractivity contribution in [2.75, 3.05) is 12.0 Å². The average molecular weight is 457 g/mol. The Balaban J connectivity index is 1.86. The van der Waals surface area contributed by atoms with Gasteiger partial charge >= 0.3 is 0 Å². The van der Waals surface area contributed by atoms with Crippen LogP contribution < -0.4 is 9.64 Å². The lowest BCUT2D eigenvalue weighted by Gasteiger charge is -2.23. The van der Waals surface area contributed by atoms with Gasteiger partial charge in [-0.15, -0.1) is 0 Å². The fourth-order valence-electron chi connectivity index (χ4n) is 3.63. The SMILES string of the molecule is COc1ccc([N+](=O)[O-])cc1N1C(=O)/C(=C/c2ccc([N+](=O)[O-])cc2)C=C1c1ccc(C)cc1. The number of nitrogens with zero attached hydrogens (tertiary/aromatic N) is 3. The molecular weight excluding hydrogens is 438 g/mol. The fraction of sp³-hybridized carbons (Fsp3) is 0.0800. The lowest BCUT2D eigenvalue weighted by molar-refractivity contribution is -0.385. The number of aryl methyl sites for hydroxylation is 1. The minimum Gasteiger partial charge on any atom is -0.495 e. The van der Waals surface area contributed by atoms with Crippen LogP contribution in [0.25, 0.3) is 11.8 Å². The second-order valence-electron chi connectivity index (χ2n) is 7.60. The van der Waals surface area contributed by atoms with Crippen LogP contribution in [0.2, 0.25) is 0 Å². The number of hydrogen-bond acceptors (Lipinski definition) is 6. The molecule has 0 bridgehead atoms. The molecule has 0 N–H and O–H groups in total. The van der Waals surface area contributed by atoms with Gasteiger partial charge in [-0.2, -0.15) is 0 Å². The molecule has 1 aliphatic rings. The standard InChI is InChI=1S/C25H19N3O6/c1-16-3-7-18(8-4-16)22-14-19(13-17-5-9-20(10-6-17)27(30)31)25(29)26(22)23-15-21(28(32)33)11-12-24(23)34-2/h3-15H,1-2H3/b19-13+. The van der Waals surface area contributed by atoms with Crippen LogP contribution in [0.1, 0.15) is 16.7 Å². The smallest absolute Gasteiger partial charge is 0.271 e. The molecule has 1 amide bonds. The summed E-state index contributed by atoms with van der Waals surface area (Å²) in [7, 11) is 1.42. The van der Waals surface area contributed by atoms with Gasteiger partial charge in [0.15, 0.2) is 0 Å². The third-order valence-corrected chi connectivity index (χ3v) is 5.37. The highest BCUT2D eigenvalue weighted by Crippen LogP contribution is 2.41. The molecule has 0 radical (unpaired) electrons. The predicted molar refractivity (Wildman–Crippen MR) is 127 cm³/mol. The van der Waals surface area contributed by atoms with E-state index in [9.17, 15) is 25.0 Å². The summed E-state index contributed by atoms with van der Waals surface area (Å²) in [6, 6.07) is 17.4. The molecule has 3 aromatic rings. The first-order valence-corrected chi connectivity index (χ1v) is 10.2. The monoisotopic (exact) mass is 457 g/mol. The van der Waals surface area contributed by atoms with Crippen molar-refractivity contribution in [1.82, 2.24) is 0 Å². The lowest BCUT2D eigenvalue weighted by Crippen LogP contribution is -2.25. The van der Waals surface area contributed by atoms with Crippen molar-refractivity contribution in [2.45, 2.75) is 6.92 Å². The molecule has 34 heavy (non-hydrogen) atoms. The molecule has 0 saturated carbocycles. The van der Waals surface area contributed by atoms with Crippen molar-refractivity contribution in [1.29, 1.82) is 0 Å². The number of anilines is 1. The molecule has 0 fully saturated rings. The third kappa shape index (κ3) is 4.26. The first-order chi connectivity index (χ1) is 16.3. The molecule has 4 rings (SSSR count). The van der Waals surface area contributed by atoms with Crippen molar-refractivity contribution in [2.24, 2.45) is 0 Å². The van der Waals surface area contributed by atoms with Crippen LogP contribution in [0.4, 0.5) is 17.1 Å². The van der Waals surface area contributed by atoms with Gasteiger partial charge in [0.25, 0.3) is 17.3 Å². The molecule has 1 heterocycles. The Morgan fingerprint density at radius 2 is 1.50 bits per heavy atom. The summed E-state index contributed by atoms with van der Waals surface area (Å²) >= 11 is 0. The van der Waals surface area contributed by atoms with Gasteiger partial charge in [0.05, 0.1) is 28.3 Å². The zero-order valence-electron chi connectivity index (χ0n) is 18.3. The maximum atomic E-state index is 13.6. The van der Waals surface area contributed by atoms with Crippen LogP contribution in [-0.2, 0) is 4.79 Å². The van der Waals surface area contributed by atoms with Gasteiger partial charge in [-0.3, -0.25) is 29.9 Å². The average Bonchev–Trinajstić information content (AvgIpc) is 3.15. The van der Waals surface area contributed by atoms with Crippen LogP contribution in [0.15, 0.2) is 78.4 Å². The van der Waals surface area contributed by atoms with E-state index in [-0.39, 0.29) is 17.1 Å². The van der Waals surface area contributed by atoms with E-state index in [1.165, 1.54) is 42.3 Å². The van der Waals surface area contributed by atoms with E-state index in [1.54, 1.807) is 24.3 Å². The topological polar surface area (TPSA) is 116 Å². The summed E-state index contributed by atoms with van der Waals surface area (Å²) in [6.45, 7) is 1.94. The van der Waals surface area contributed by atoms with Crippen LogP contribution in [0.5, 0.6) is 5.75 Å². The number of benzene rings is 3. The van der Waals surface area contributed by atoms with Gasteiger partial charge in [-0.05, 0) is 48.4 Å². The highest BCUT2D eigenvalue weighted by Gasteiger charge is 2.33. The second-order valence-corrected chi connectivity index (χ2v) is 7.60. The Morgan fingerprint density at radius 3 is 2.09 bits per heavy atom. The van der Waals surface area contributed by atoms with Crippen molar-refractivity contribution < 1.29 is 19.4 Å². The molecule has 0 atom stereocenters. The van der Waals surface area contributed by atoms with Crippen LogP contribution in [0.3, 0.4) is 0 Å². The van der Waals surface area contributed by atoms with Gasteiger partial charge in [-0.1, -0.05) is 29.8 Å². The molecule has 0 saturated heterocycles. The molecule has 170 valence electrons. The van der Waals surface area contributed by atoms with Crippen molar-refractivity contribution in [3.8, 4) is 5.75 Å². The van der Waals surface area contributed by atoms with E-state index in [2.05, 4.69) is 0 Å². The Hall–Kier alpha value is -4.79. The first-order valence-electron chi connectivity index (χ1n) is 10.2. The maximum Gasteiger partial charge on any atom is 0.271 e. The number of carbonyl (C=O) groups excluding carboxylic acids is 1. The molecule has 9 heteroatoms. The molecule has 1 aliphatic heterocycles. The fourth-order valence-corrected chi connectivity index (χ4v) is 3.63. The van der Waals surface area contributed by atoms with E-state index in [0.29, 0.717) is 22.6 Å². The zero-order valence-corrected chi connectivity index (χ0v) is 18.3. The van der Waals surface area contributed by atoms with E-state index in [4.69, 9.17) is 4.74 Å². The van der Waals surface area contributed by atoms with Crippen molar-refractivity contribution in [3.63, 3.8) is 0 Å². The van der Waals surface area contributed by atoms with E-state index < -0.39 is 15.8 Å². The molecule has 9 nitrogen and oxygen atoms in total. The van der Waals surface area contributed by atoms with Gasteiger partial charge in [0, 0.05) is 29.8 Å². The second kappa shape index (κ2) is 8.99. The number of methoxy groups -OCH3 is 1. The predicted octanol–water partition coefficient (Wildman–Crippen LogP) is 5.29. The summed E-state index contributed by atoms with van der Waals surface area (Å²) in [6.07, 6.45) is 3.30. The van der Waals surface area contributed by atoms with Gasteiger partial charge in [-0.25, -0.2) is 0 Å². The summed E-state index contributed by atoms with van der Waals surface area (Å²) in [4.78, 5) is 36.2. The number of nitro groups is 2. The molecule has 0 aromatic heterocycles. The quantitative estimate of drug-likeness (QED) is 0.282. The number of non-ortho nitro benzene ring substituents is 2. The number of ether oxygens (including phenoxy) is 1. The maximum absolute atomic E-state index is 13.6. The third-order valence-electron chi connectivity index (χ3n) is 5.37. The van der Waals surface area contributed by atoms with Crippen molar-refractivity contribution >= 4 is 34.7 Å². The lowest BCUT2D eigenvalue weighted by atomic mass is 10.1. The number of carbonyl (C=O) groups is 1. The van der Waals surface area contributed by atoms with E-state index >= 15 is 0 Å². The zero-order chi connectivity index (χ0) is 24.4. The minimum absolute atomic E-state index is 0.0567.